The van der Waals surface area contributed by atoms with Crippen LogP contribution in [-0.4, -0.2) is 16.9 Å². The van der Waals surface area contributed by atoms with Gasteiger partial charge in [0.05, 0.1) is 0 Å². The van der Waals surface area contributed by atoms with Crippen molar-refractivity contribution < 1.29 is 4.39 Å². The summed E-state index contributed by atoms with van der Waals surface area (Å²) in [5, 5.41) is 3.24. The van der Waals surface area contributed by atoms with Gasteiger partial charge < -0.3 is 5.32 Å². The minimum Gasteiger partial charge on any atom is -0.367 e. The first-order valence-corrected chi connectivity index (χ1v) is 6.59. The number of nitrogens with zero attached hydrogens (tertiary/aromatic N) is 1. The maximum absolute atomic E-state index is 13.4. The van der Waals surface area contributed by atoms with E-state index >= 15 is 0 Å². The lowest BCUT2D eigenvalue weighted by Gasteiger charge is -2.15. The van der Waals surface area contributed by atoms with E-state index in [1.807, 2.05) is 0 Å². The van der Waals surface area contributed by atoms with Gasteiger partial charge in [0.15, 0.2) is 11.6 Å². The van der Waals surface area contributed by atoms with Crippen molar-refractivity contribution in [2.75, 3.05) is 11.9 Å². The van der Waals surface area contributed by atoms with Gasteiger partial charge in [-0.15, -0.1) is 11.6 Å². The lowest BCUT2D eigenvalue weighted by atomic mass is 10.1. The van der Waals surface area contributed by atoms with E-state index < -0.39 is 0 Å². The number of halogens is 3. The van der Waals surface area contributed by atoms with Gasteiger partial charge in [-0.25, -0.2) is 9.37 Å². The topological polar surface area (TPSA) is 24.9 Å². The molecule has 5 heteroatoms. The van der Waals surface area contributed by atoms with E-state index in [0.29, 0.717) is 22.8 Å². The van der Waals surface area contributed by atoms with E-state index in [1.54, 1.807) is 6.20 Å². The standard InChI is InChI=1S/C11H13BrClFN2/c12-8-4-10(14)11(16-6-8)15-5-7-2-1-3-9(7)13/h4,6-7,9H,1-3,5H2,(H,15,16). The summed E-state index contributed by atoms with van der Waals surface area (Å²) < 4.78 is 14.1. The molecule has 1 saturated carbocycles. The molecule has 16 heavy (non-hydrogen) atoms. The number of hydrogen-bond donors (Lipinski definition) is 1. The Bertz CT molecular complexity index is 375. The van der Waals surface area contributed by atoms with Crippen LogP contribution in [0.1, 0.15) is 19.3 Å². The van der Waals surface area contributed by atoms with E-state index in [4.69, 9.17) is 11.6 Å². The molecule has 1 heterocycles. The fourth-order valence-electron chi connectivity index (χ4n) is 1.99. The number of hydrogen-bond acceptors (Lipinski definition) is 2. The number of anilines is 1. The molecule has 1 N–H and O–H groups in total. The van der Waals surface area contributed by atoms with Gasteiger partial charge in [0.1, 0.15) is 0 Å². The molecule has 0 saturated heterocycles. The highest BCUT2D eigenvalue weighted by molar-refractivity contribution is 9.10. The van der Waals surface area contributed by atoms with Crippen LogP contribution in [-0.2, 0) is 0 Å². The molecule has 88 valence electrons. The Kier molecular flexibility index (Phi) is 4.03. The number of pyridine rings is 1. The number of nitrogens with one attached hydrogen (secondary N) is 1. The zero-order chi connectivity index (χ0) is 11.5. The van der Waals surface area contributed by atoms with Crippen LogP contribution in [0, 0.1) is 11.7 Å². The highest BCUT2D eigenvalue weighted by Crippen LogP contribution is 2.30. The molecule has 0 amide bonds. The van der Waals surface area contributed by atoms with E-state index in [0.717, 1.165) is 19.3 Å². The van der Waals surface area contributed by atoms with Crippen molar-refractivity contribution in [2.24, 2.45) is 5.92 Å². The SMILES string of the molecule is Fc1cc(Br)cnc1NCC1CCCC1Cl. The van der Waals surface area contributed by atoms with Crippen LogP contribution >= 0.6 is 27.5 Å². The Balaban J connectivity index is 1.94. The van der Waals surface area contributed by atoms with E-state index in [-0.39, 0.29) is 11.2 Å². The largest absolute Gasteiger partial charge is 0.367 e. The number of rotatable bonds is 3. The van der Waals surface area contributed by atoms with Gasteiger partial charge >= 0.3 is 0 Å². The molecule has 2 nitrogen and oxygen atoms in total. The Morgan fingerprint density at radius 2 is 2.38 bits per heavy atom. The van der Waals surface area contributed by atoms with Gasteiger partial charge in [-0.2, -0.15) is 0 Å². The molecule has 1 aliphatic rings. The second-order valence-corrected chi connectivity index (χ2v) is 5.55. The van der Waals surface area contributed by atoms with Crippen LogP contribution in [0.5, 0.6) is 0 Å². The third kappa shape index (κ3) is 2.86. The van der Waals surface area contributed by atoms with Crippen LogP contribution in [0.4, 0.5) is 10.2 Å². The minimum atomic E-state index is -0.335. The highest BCUT2D eigenvalue weighted by Gasteiger charge is 2.25. The van der Waals surface area contributed by atoms with Gasteiger partial charge in [-0.3, -0.25) is 0 Å². The second kappa shape index (κ2) is 5.32. The average molecular weight is 308 g/mol. The van der Waals surface area contributed by atoms with E-state index in [9.17, 15) is 4.39 Å². The molecule has 0 bridgehead atoms. The van der Waals surface area contributed by atoms with E-state index in [2.05, 4.69) is 26.2 Å². The fraction of sp³-hybridized carbons (Fsp3) is 0.545. The van der Waals surface area contributed by atoms with Crippen LogP contribution in [0.25, 0.3) is 0 Å². The Hall–Kier alpha value is -0.350. The predicted octanol–water partition coefficient (Wildman–Crippen LogP) is 3.80. The average Bonchev–Trinajstić information content (AvgIpc) is 2.63. The molecule has 0 aliphatic heterocycles. The monoisotopic (exact) mass is 306 g/mol. The fourth-order valence-corrected chi connectivity index (χ4v) is 2.67. The van der Waals surface area contributed by atoms with Crippen molar-refractivity contribution in [3.8, 4) is 0 Å². The summed E-state index contributed by atoms with van der Waals surface area (Å²) in [6.45, 7) is 0.694. The zero-order valence-corrected chi connectivity index (χ0v) is 11.1. The molecule has 2 rings (SSSR count). The Morgan fingerprint density at radius 1 is 1.56 bits per heavy atom. The van der Waals surface area contributed by atoms with Crippen LogP contribution in [0.15, 0.2) is 16.7 Å². The summed E-state index contributed by atoms with van der Waals surface area (Å²) in [7, 11) is 0. The smallest absolute Gasteiger partial charge is 0.166 e. The molecular formula is C11H13BrClFN2. The summed E-state index contributed by atoms with van der Waals surface area (Å²) in [6.07, 6.45) is 4.92. The first-order valence-electron chi connectivity index (χ1n) is 5.36. The lowest BCUT2D eigenvalue weighted by Crippen LogP contribution is -2.19. The van der Waals surface area contributed by atoms with Gasteiger partial charge in [0, 0.05) is 22.6 Å². The quantitative estimate of drug-likeness (QED) is 0.859. The molecule has 0 aromatic carbocycles. The molecule has 0 radical (unpaired) electrons. The van der Waals surface area contributed by atoms with Crippen molar-refractivity contribution in [3.63, 3.8) is 0 Å². The molecule has 2 unspecified atom stereocenters. The third-order valence-corrected chi connectivity index (χ3v) is 3.91. The third-order valence-electron chi connectivity index (χ3n) is 2.91. The molecule has 0 spiro atoms. The first kappa shape index (κ1) is 12.1. The summed E-state index contributed by atoms with van der Waals surface area (Å²) >= 11 is 9.32. The maximum Gasteiger partial charge on any atom is 0.166 e. The van der Waals surface area contributed by atoms with Crippen molar-refractivity contribution in [1.29, 1.82) is 0 Å². The van der Waals surface area contributed by atoms with Crippen molar-refractivity contribution in [1.82, 2.24) is 4.98 Å². The molecule has 1 fully saturated rings. The number of aromatic nitrogens is 1. The molecular weight excluding hydrogens is 294 g/mol. The van der Waals surface area contributed by atoms with Gasteiger partial charge in [0.25, 0.3) is 0 Å². The Morgan fingerprint density at radius 3 is 3.00 bits per heavy atom. The predicted molar refractivity (Wildman–Crippen MR) is 67.4 cm³/mol. The minimum absolute atomic E-state index is 0.214. The Labute approximate surface area is 108 Å². The molecule has 1 aromatic rings. The molecule has 2 atom stereocenters. The summed E-state index contributed by atoms with van der Waals surface area (Å²) in [5.41, 5.74) is 0. The normalized spacial score (nSPS) is 24.7. The second-order valence-electron chi connectivity index (χ2n) is 4.07. The van der Waals surface area contributed by atoms with Crippen LogP contribution in [0.2, 0.25) is 0 Å². The molecule has 1 aromatic heterocycles. The molecule has 1 aliphatic carbocycles. The van der Waals surface area contributed by atoms with Crippen molar-refractivity contribution >= 4 is 33.3 Å². The van der Waals surface area contributed by atoms with E-state index in [1.165, 1.54) is 6.07 Å². The van der Waals surface area contributed by atoms with Crippen molar-refractivity contribution in [2.45, 2.75) is 24.6 Å². The zero-order valence-electron chi connectivity index (χ0n) is 8.72. The van der Waals surface area contributed by atoms with Crippen LogP contribution in [0.3, 0.4) is 0 Å². The lowest BCUT2D eigenvalue weighted by molar-refractivity contribution is 0.576. The summed E-state index contributed by atoms with van der Waals surface area (Å²) in [4.78, 5) is 3.99. The van der Waals surface area contributed by atoms with Gasteiger partial charge in [-0.1, -0.05) is 6.42 Å². The first-order chi connectivity index (χ1) is 7.66. The van der Waals surface area contributed by atoms with Crippen molar-refractivity contribution in [3.05, 3.63) is 22.6 Å². The number of alkyl halides is 1. The van der Waals surface area contributed by atoms with Gasteiger partial charge in [-0.05, 0) is 40.8 Å². The highest BCUT2D eigenvalue weighted by atomic mass is 79.9. The van der Waals surface area contributed by atoms with Crippen LogP contribution < -0.4 is 5.32 Å². The maximum atomic E-state index is 13.4. The summed E-state index contributed by atoms with van der Waals surface area (Å²) in [5.74, 6) is 0.393. The van der Waals surface area contributed by atoms with Gasteiger partial charge in [0.2, 0.25) is 0 Å². The summed E-state index contributed by atoms with van der Waals surface area (Å²) in [6, 6.07) is 1.40.